The van der Waals surface area contributed by atoms with Gasteiger partial charge in [-0.25, -0.2) is 0 Å². The Bertz CT molecular complexity index is 400. The SMILES string of the molecule is CNCCC(C)(C)CCc1cc(Br)c(C)cc1Br. The van der Waals surface area contributed by atoms with E-state index < -0.39 is 0 Å². The maximum atomic E-state index is 3.67. The van der Waals surface area contributed by atoms with Crippen LogP contribution in [-0.4, -0.2) is 13.6 Å². The summed E-state index contributed by atoms with van der Waals surface area (Å²) < 4.78 is 2.43. The van der Waals surface area contributed by atoms with Crippen molar-refractivity contribution < 1.29 is 0 Å². The van der Waals surface area contributed by atoms with E-state index in [2.05, 4.69) is 70.1 Å². The smallest absolute Gasteiger partial charge is 0.0210 e. The first-order chi connectivity index (χ1) is 8.35. The van der Waals surface area contributed by atoms with Crippen LogP contribution in [0.1, 0.15) is 37.8 Å². The average Bonchev–Trinajstić information content (AvgIpc) is 2.30. The Hall–Kier alpha value is 0.140. The van der Waals surface area contributed by atoms with Crippen molar-refractivity contribution in [3.63, 3.8) is 0 Å². The van der Waals surface area contributed by atoms with Crippen molar-refractivity contribution in [2.45, 2.75) is 40.0 Å². The van der Waals surface area contributed by atoms with Gasteiger partial charge in [-0.1, -0.05) is 45.7 Å². The zero-order chi connectivity index (χ0) is 13.8. The Morgan fingerprint density at radius 3 is 2.39 bits per heavy atom. The number of nitrogens with one attached hydrogen (secondary N) is 1. The highest BCUT2D eigenvalue weighted by atomic mass is 79.9. The fourth-order valence-corrected chi connectivity index (χ4v) is 2.99. The van der Waals surface area contributed by atoms with E-state index in [0.29, 0.717) is 5.41 Å². The number of aryl methyl sites for hydroxylation is 2. The normalized spacial score (nSPS) is 11.9. The van der Waals surface area contributed by atoms with Crippen LogP contribution in [-0.2, 0) is 6.42 Å². The molecule has 0 amide bonds. The van der Waals surface area contributed by atoms with Crippen molar-refractivity contribution in [3.05, 3.63) is 32.2 Å². The van der Waals surface area contributed by atoms with Crippen LogP contribution in [0.15, 0.2) is 21.1 Å². The molecule has 0 unspecified atom stereocenters. The lowest BCUT2D eigenvalue weighted by atomic mass is 9.83. The molecule has 0 atom stereocenters. The predicted octanol–water partition coefficient (Wildman–Crippen LogP) is 5.09. The van der Waals surface area contributed by atoms with Crippen LogP contribution in [0.25, 0.3) is 0 Å². The third-order valence-corrected chi connectivity index (χ3v) is 5.04. The lowest BCUT2D eigenvalue weighted by Gasteiger charge is -2.24. The molecule has 0 fully saturated rings. The number of benzene rings is 1. The largest absolute Gasteiger partial charge is 0.320 e. The molecule has 1 aromatic rings. The Labute approximate surface area is 128 Å². The highest BCUT2D eigenvalue weighted by Gasteiger charge is 2.17. The Morgan fingerprint density at radius 2 is 1.78 bits per heavy atom. The summed E-state index contributed by atoms with van der Waals surface area (Å²) in [4.78, 5) is 0. The molecule has 0 aliphatic rings. The second-order valence-corrected chi connectivity index (χ2v) is 7.42. The van der Waals surface area contributed by atoms with Crippen molar-refractivity contribution in [2.24, 2.45) is 5.41 Å². The fourth-order valence-electron chi connectivity index (χ4n) is 1.94. The van der Waals surface area contributed by atoms with E-state index in [1.807, 2.05) is 7.05 Å². The van der Waals surface area contributed by atoms with Gasteiger partial charge in [0.2, 0.25) is 0 Å². The third-order valence-electron chi connectivity index (χ3n) is 3.45. The molecule has 0 aromatic heterocycles. The monoisotopic (exact) mass is 375 g/mol. The summed E-state index contributed by atoms with van der Waals surface area (Å²) in [6, 6.07) is 4.44. The van der Waals surface area contributed by atoms with Gasteiger partial charge >= 0.3 is 0 Å². The lowest BCUT2D eigenvalue weighted by molar-refractivity contribution is 0.305. The van der Waals surface area contributed by atoms with Crippen LogP contribution in [0.2, 0.25) is 0 Å². The number of hydrogen-bond donors (Lipinski definition) is 1. The first kappa shape index (κ1) is 16.2. The molecule has 0 spiro atoms. The average molecular weight is 377 g/mol. The Morgan fingerprint density at radius 1 is 1.11 bits per heavy atom. The van der Waals surface area contributed by atoms with Crippen LogP contribution in [0.4, 0.5) is 0 Å². The van der Waals surface area contributed by atoms with Crippen molar-refractivity contribution in [1.82, 2.24) is 5.32 Å². The standard InChI is InChI=1S/C15H23Br2N/c1-11-9-14(17)12(10-13(11)16)5-6-15(2,3)7-8-18-4/h9-10,18H,5-8H2,1-4H3. The van der Waals surface area contributed by atoms with Gasteiger partial charge in [-0.15, -0.1) is 0 Å². The Kier molecular flexibility index (Phi) is 6.36. The highest BCUT2D eigenvalue weighted by molar-refractivity contribution is 9.11. The zero-order valence-corrected chi connectivity index (χ0v) is 14.9. The molecule has 0 heterocycles. The maximum Gasteiger partial charge on any atom is 0.0210 e. The van der Waals surface area contributed by atoms with Gasteiger partial charge in [-0.05, 0) is 68.5 Å². The first-order valence-corrected chi connectivity index (χ1v) is 8.03. The van der Waals surface area contributed by atoms with Gasteiger partial charge in [0.05, 0.1) is 0 Å². The molecule has 0 aliphatic heterocycles. The van der Waals surface area contributed by atoms with Gasteiger partial charge < -0.3 is 5.32 Å². The number of hydrogen-bond acceptors (Lipinski definition) is 1. The molecule has 1 N–H and O–H groups in total. The van der Waals surface area contributed by atoms with Crippen LogP contribution in [0, 0.1) is 12.3 Å². The van der Waals surface area contributed by atoms with Gasteiger partial charge in [-0.2, -0.15) is 0 Å². The molecule has 3 heteroatoms. The maximum absolute atomic E-state index is 3.67. The van der Waals surface area contributed by atoms with E-state index in [1.165, 1.54) is 32.9 Å². The molecule has 18 heavy (non-hydrogen) atoms. The highest BCUT2D eigenvalue weighted by Crippen LogP contribution is 2.31. The fraction of sp³-hybridized carbons (Fsp3) is 0.600. The van der Waals surface area contributed by atoms with Crippen LogP contribution in [0.5, 0.6) is 0 Å². The molecule has 0 aliphatic carbocycles. The molecule has 0 bridgehead atoms. The summed E-state index contributed by atoms with van der Waals surface area (Å²) in [5.41, 5.74) is 3.06. The second-order valence-electron chi connectivity index (χ2n) is 5.71. The van der Waals surface area contributed by atoms with Crippen LogP contribution < -0.4 is 5.32 Å². The molecule has 1 rings (SSSR count). The minimum absolute atomic E-state index is 0.389. The van der Waals surface area contributed by atoms with Crippen LogP contribution in [0.3, 0.4) is 0 Å². The van der Waals surface area contributed by atoms with Gasteiger partial charge in [0.15, 0.2) is 0 Å². The first-order valence-electron chi connectivity index (χ1n) is 6.45. The van der Waals surface area contributed by atoms with Crippen molar-refractivity contribution in [3.8, 4) is 0 Å². The summed E-state index contributed by atoms with van der Waals surface area (Å²) in [6.45, 7) is 7.91. The molecular weight excluding hydrogens is 354 g/mol. The summed E-state index contributed by atoms with van der Waals surface area (Å²) >= 11 is 7.28. The summed E-state index contributed by atoms with van der Waals surface area (Å²) in [5.74, 6) is 0. The summed E-state index contributed by atoms with van der Waals surface area (Å²) in [7, 11) is 2.02. The summed E-state index contributed by atoms with van der Waals surface area (Å²) in [5, 5.41) is 3.23. The molecule has 0 saturated heterocycles. The molecule has 0 radical (unpaired) electrons. The quantitative estimate of drug-likeness (QED) is 0.729. The topological polar surface area (TPSA) is 12.0 Å². The van der Waals surface area contributed by atoms with Gasteiger partial charge in [-0.3, -0.25) is 0 Å². The van der Waals surface area contributed by atoms with E-state index in [4.69, 9.17) is 0 Å². The lowest BCUT2D eigenvalue weighted by Crippen LogP contribution is -2.20. The summed E-state index contributed by atoms with van der Waals surface area (Å²) in [6.07, 6.45) is 3.55. The Balaban J connectivity index is 2.66. The van der Waals surface area contributed by atoms with E-state index in [-0.39, 0.29) is 0 Å². The van der Waals surface area contributed by atoms with E-state index in [1.54, 1.807) is 0 Å². The van der Waals surface area contributed by atoms with E-state index >= 15 is 0 Å². The van der Waals surface area contributed by atoms with Crippen molar-refractivity contribution in [1.29, 1.82) is 0 Å². The molecule has 1 aromatic carbocycles. The number of rotatable bonds is 6. The molecular formula is C15H23Br2N. The second kappa shape index (κ2) is 7.06. The van der Waals surface area contributed by atoms with Gasteiger partial charge in [0.1, 0.15) is 0 Å². The number of halogens is 2. The molecule has 1 nitrogen and oxygen atoms in total. The molecule has 102 valence electrons. The third kappa shape index (κ3) is 5.02. The van der Waals surface area contributed by atoms with Crippen molar-refractivity contribution >= 4 is 31.9 Å². The van der Waals surface area contributed by atoms with Gasteiger partial charge in [0.25, 0.3) is 0 Å². The minimum atomic E-state index is 0.389. The predicted molar refractivity (Wildman–Crippen MR) is 87.2 cm³/mol. The molecule has 0 saturated carbocycles. The van der Waals surface area contributed by atoms with Gasteiger partial charge in [0, 0.05) is 8.95 Å². The van der Waals surface area contributed by atoms with Crippen LogP contribution >= 0.6 is 31.9 Å². The van der Waals surface area contributed by atoms with E-state index in [0.717, 1.165) is 13.0 Å². The minimum Gasteiger partial charge on any atom is -0.320 e. The van der Waals surface area contributed by atoms with Crippen molar-refractivity contribution in [2.75, 3.05) is 13.6 Å². The zero-order valence-electron chi connectivity index (χ0n) is 11.7. The van der Waals surface area contributed by atoms with E-state index in [9.17, 15) is 0 Å².